The molecule has 1 saturated carbocycles. The van der Waals surface area contributed by atoms with Crippen molar-refractivity contribution in [1.82, 2.24) is 10.2 Å². The molecule has 2 aliphatic rings. The number of amides is 2. The molecule has 1 heterocycles. The zero-order valence-electron chi connectivity index (χ0n) is 14.7. The Morgan fingerprint density at radius 1 is 1.16 bits per heavy atom. The smallest absolute Gasteiger partial charge is 0.238 e. The van der Waals surface area contributed by atoms with E-state index in [2.05, 4.69) is 5.32 Å². The first kappa shape index (κ1) is 17.5. The third-order valence-electron chi connectivity index (χ3n) is 4.79. The second-order valence-corrected chi connectivity index (χ2v) is 6.36. The van der Waals surface area contributed by atoms with Gasteiger partial charge in [-0.05, 0) is 30.5 Å². The summed E-state index contributed by atoms with van der Waals surface area (Å²) in [5, 5.41) is 2.90. The second-order valence-electron chi connectivity index (χ2n) is 6.36. The van der Waals surface area contributed by atoms with E-state index in [9.17, 15) is 9.59 Å². The average molecular weight is 348 g/mol. The molecule has 0 unspecified atom stereocenters. The summed E-state index contributed by atoms with van der Waals surface area (Å²) in [6.07, 6.45) is 1.22. The molecule has 0 spiro atoms. The van der Waals surface area contributed by atoms with Gasteiger partial charge in [0.15, 0.2) is 11.5 Å². The van der Waals surface area contributed by atoms with Crippen molar-refractivity contribution in [2.75, 3.05) is 40.5 Å². The van der Waals surface area contributed by atoms with E-state index in [1.54, 1.807) is 25.2 Å². The summed E-state index contributed by atoms with van der Waals surface area (Å²) in [5.41, 5.74) is 0.00841. The van der Waals surface area contributed by atoms with Gasteiger partial charge in [-0.1, -0.05) is 6.07 Å². The highest BCUT2D eigenvalue weighted by Crippen LogP contribution is 2.47. The Hall–Kier alpha value is -2.28. The first-order valence-electron chi connectivity index (χ1n) is 8.47. The zero-order chi connectivity index (χ0) is 17.9. The van der Waals surface area contributed by atoms with E-state index < -0.39 is 5.41 Å². The number of methoxy groups -OCH3 is 2. The topological polar surface area (TPSA) is 77.1 Å². The summed E-state index contributed by atoms with van der Waals surface area (Å²) in [6.45, 7) is 2.54. The number of benzene rings is 1. The highest BCUT2D eigenvalue weighted by Gasteiger charge is 2.57. The SMILES string of the molecule is COc1ccc(CNC(=O)C2(C(=O)N3CCOCC3)CC2)cc1OC. The molecule has 3 rings (SSSR count). The van der Waals surface area contributed by atoms with Crippen LogP contribution in [0, 0.1) is 5.41 Å². The molecule has 2 fully saturated rings. The van der Waals surface area contributed by atoms with Gasteiger partial charge < -0.3 is 24.4 Å². The fourth-order valence-corrected chi connectivity index (χ4v) is 3.07. The van der Waals surface area contributed by atoms with Gasteiger partial charge >= 0.3 is 0 Å². The zero-order valence-corrected chi connectivity index (χ0v) is 14.7. The third kappa shape index (κ3) is 3.56. The Labute approximate surface area is 147 Å². The summed E-state index contributed by atoms with van der Waals surface area (Å²) in [7, 11) is 3.15. The maximum Gasteiger partial charge on any atom is 0.238 e. The van der Waals surface area contributed by atoms with E-state index in [1.807, 2.05) is 12.1 Å². The van der Waals surface area contributed by atoms with Crippen molar-refractivity contribution in [2.24, 2.45) is 5.41 Å². The minimum atomic E-state index is -0.881. The predicted octanol–water partition coefficient (Wildman–Crippen LogP) is 0.959. The Bertz CT molecular complexity index is 651. The molecular weight excluding hydrogens is 324 g/mol. The van der Waals surface area contributed by atoms with Gasteiger partial charge in [0.2, 0.25) is 11.8 Å². The van der Waals surface area contributed by atoms with Crippen molar-refractivity contribution in [1.29, 1.82) is 0 Å². The van der Waals surface area contributed by atoms with Gasteiger partial charge in [0.25, 0.3) is 0 Å². The minimum absolute atomic E-state index is 0.0689. The lowest BCUT2D eigenvalue weighted by molar-refractivity contribution is -0.147. The number of nitrogens with zero attached hydrogens (tertiary/aromatic N) is 1. The van der Waals surface area contributed by atoms with Gasteiger partial charge in [0.05, 0.1) is 27.4 Å². The molecule has 1 N–H and O–H groups in total. The molecule has 0 bridgehead atoms. The number of hydrogen-bond donors (Lipinski definition) is 1. The van der Waals surface area contributed by atoms with Crippen molar-refractivity contribution in [3.8, 4) is 11.5 Å². The van der Waals surface area contributed by atoms with Crippen molar-refractivity contribution in [3.63, 3.8) is 0 Å². The van der Waals surface area contributed by atoms with E-state index in [0.717, 1.165) is 5.56 Å². The Balaban J connectivity index is 1.61. The van der Waals surface area contributed by atoms with E-state index in [1.165, 1.54) is 0 Å². The molecule has 0 atom stereocenters. The molecule has 2 amide bonds. The van der Waals surface area contributed by atoms with Crippen molar-refractivity contribution in [3.05, 3.63) is 23.8 Å². The summed E-state index contributed by atoms with van der Waals surface area (Å²) < 4.78 is 15.8. The standard InChI is InChI=1S/C18H24N2O5/c1-23-14-4-3-13(11-15(14)24-2)12-19-16(21)18(5-6-18)17(22)20-7-9-25-10-8-20/h3-4,11H,5-10,12H2,1-2H3,(H,19,21). The van der Waals surface area contributed by atoms with Crippen LogP contribution < -0.4 is 14.8 Å². The number of ether oxygens (including phenoxy) is 3. The number of carbonyl (C=O) groups excluding carboxylic acids is 2. The molecule has 7 heteroatoms. The molecule has 25 heavy (non-hydrogen) atoms. The molecule has 1 aliphatic carbocycles. The Morgan fingerprint density at radius 3 is 2.44 bits per heavy atom. The number of nitrogens with one attached hydrogen (secondary N) is 1. The highest BCUT2D eigenvalue weighted by molar-refractivity contribution is 6.07. The molecule has 0 radical (unpaired) electrons. The number of hydrogen-bond acceptors (Lipinski definition) is 5. The molecule has 1 aromatic rings. The number of rotatable bonds is 6. The van der Waals surface area contributed by atoms with Crippen LogP contribution in [0.15, 0.2) is 18.2 Å². The van der Waals surface area contributed by atoms with Gasteiger partial charge in [0, 0.05) is 19.6 Å². The van der Waals surface area contributed by atoms with E-state index in [-0.39, 0.29) is 11.8 Å². The number of morpholine rings is 1. The fraction of sp³-hybridized carbons (Fsp3) is 0.556. The molecule has 0 aromatic heterocycles. The van der Waals surface area contributed by atoms with Crippen LogP contribution in [0.1, 0.15) is 18.4 Å². The fourth-order valence-electron chi connectivity index (χ4n) is 3.07. The van der Waals surface area contributed by atoms with Crippen LogP contribution in [0.2, 0.25) is 0 Å². The lowest BCUT2D eigenvalue weighted by Gasteiger charge is -2.30. The molecule has 1 aliphatic heterocycles. The Kier molecular flexibility index (Phi) is 5.13. The summed E-state index contributed by atoms with van der Waals surface area (Å²) in [5.74, 6) is 0.984. The van der Waals surface area contributed by atoms with Gasteiger partial charge in [-0.15, -0.1) is 0 Å². The second kappa shape index (κ2) is 7.31. The molecular formula is C18H24N2O5. The lowest BCUT2D eigenvalue weighted by Crippen LogP contribution is -2.49. The predicted molar refractivity (Wildman–Crippen MR) is 90.5 cm³/mol. The van der Waals surface area contributed by atoms with E-state index in [0.29, 0.717) is 57.2 Å². The first-order valence-corrected chi connectivity index (χ1v) is 8.47. The average Bonchev–Trinajstić information content (AvgIpc) is 3.48. The van der Waals surface area contributed by atoms with Crippen molar-refractivity contribution >= 4 is 11.8 Å². The lowest BCUT2D eigenvalue weighted by atomic mass is 10.0. The monoisotopic (exact) mass is 348 g/mol. The van der Waals surface area contributed by atoms with E-state index >= 15 is 0 Å². The quantitative estimate of drug-likeness (QED) is 0.775. The molecule has 7 nitrogen and oxygen atoms in total. The summed E-state index contributed by atoms with van der Waals surface area (Å²) in [6, 6.07) is 5.49. The van der Waals surface area contributed by atoms with Crippen molar-refractivity contribution in [2.45, 2.75) is 19.4 Å². The molecule has 1 aromatic carbocycles. The van der Waals surface area contributed by atoms with Gasteiger partial charge in [-0.25, -0.2) is 0 Å². The first-order chi connectivity index (χ1) is 12.1. The maximum absolute atomic E-state index is 12.7. The number of carbonyl (C=O) groups is 2. The molecule has 136 valence electrons. The van der Waals surface area contributed by atoms with Crippen LogP contribution in [-0.2, 0) is 20.9 Å². The van der Waals surface area contributed by atoms with Crippen molar-refractivity contribution < 1.29 is 23.8 Å². The van der Waals surface area contributed by atoms with Gasteiger partial charge in [-0.2, -0.15) is 0 Å². The van der Waals surface area contributed by atoms with Gasteiger partial charge in [0.1, 0.15) is 5.41 Å². The van der Waals surface area contributed by atoms with Crippen LogP contribution in [0.3, 0.4) is 0 Å². The van der Waals surface area contributed by atoms with Crippen LogP contribution in [0.5, 0.6) is 11.5 Å². The van der Waals surface area contributed by atoms with Crippen LogP contribution in [0.4, 0.5) is 0 Å². The largest absolute Gasteiger partial charge is 0.493 e. The normalized spacial score (nSPS) is 18.4. The summed E-state index contributed by atoms with van der Waals surface area (Å²) >= 11 is 0. The van der Waals surface area contributed by atoms with E-state index in [4.69, 9.17) is 14.2 Å². The van der Waals surface area contributed by atoms with Crippen LogP contribution in [-0.4, -0.2) is 57.2 Å². The maximum atomic E-state index is 12.7. The highest BCUT2D eigenvalue weighted by atomic mass is 16.5. The minimum Gasteiger partial charge on any atom is -0.493 e. The Morgan fingerprint density at radius 2 is 1.84 bits per heavy atom. The van der Waals surface area contributed by atoms with Gasteiger partial charge in [-0.3, -0.25) is 9.59 Å². The van der Waals surface area contributed by atoms with Crippen LogP contribution >= 0.6 is 0 Å². The third-order valence-corrected chi connectivity index (χ3v) is 4.79. The van der Waals surface area contributed by atoms with Crippen LogP contribution in [0.25, 0.3) is 0 Å². The summed E-state index contributed by atoms with van der Waals surface area (Å²) in [4.78, 5) is 27.1. The molecule has 1 saturated heterocycles.